The van der Waals surface area contributed by atoms with Crippen molar-refractivity contribution in [2.45, 2.75) is 4.90 Å². The molecule has 0 aliphatic rings. The number of hydrogen-bond donors (Lipinski definition) is 3. The van der Waals surface area contributed by atoms with Gasteiger partial charge in [-0.25, -0.2) is 4.79 Å². The van der Waals surface area contributed by atoms with Gasteiger partial charge in [0.25, 0.3) is 0 Å². The van der Waals surface area contributed by atoms with Gasteiger partial charge in [0.1, 0.15) is 5.75 Å². The van der Waals surface area contributed by atoms with Crippen LogP contribution < -0.4 is 10.2 Å². The van der Waals surface area contributed by atoms with E-state index in [4.69, 9.17) is 9.29 Å². The zero-order valence-corrected chi connectivity index (χ0v) is 12.5. The molecule has 0 amide bonds. The highest BCUT2D eigenvalue weighted by atomic mass is 32.2. The molecule has 6 nitrogen and oxygen atoms in total. The third kappa shape index (κ3) is 3.78. The Labute approximate surface area is 131 Å². The second-order valence-corrected chi connectivity index (χ2v) is 4.84. The molecule has 0 bridgehead atoms. The Morgan fingerprint density at radius 1 is 1.32 bits per heavy atom. The molecular formula is C15H14N2O4S. The van der Waals surface area contributed by atoms with Crippen molar-refractivity contribution in [3.05, 3.63) is 53.6 Å². The van der Waals surface area contributed by atoms with Gasteiger partial charge in [-0.1, -0.05) is 18.2 Å². The summed E-state index contributed by atoms with van der Waals surface area (Å²) in [5, 5.41) is 13.2. The lowest BCUT2D eigenvalue weighted by molar-refractivity contribution is 0.0697. The first-order valence-electron chi connectivity index (χ1n) is 6.26. The molecule has 2 aromatic carbocycles. The number of anilines is 1. The summed E-state index contributed by atoms with van der Waals surface area (Å²) >= 11 is 0.625. The lowest BCUT2D eigenvalue weighted by Crippen LogP contribution is -2.03. The van der Waals surface area contributed by atoms with Crippen molar-refractivity contribution in [1.82, 2.24) is 0 Å². The summed E-state index contributed by atoms with van der Waals surface area (Å²) in [5.74, 6) is -0.628. The second-order valence-electron chi connectivity index (χ2n) is 4.22. The van der Waals surface area contributed by atoms with Crippen LogP contribution in [-0.2, 0) is 0 Å². The topological polar surface area (TPSA) is 91.1 Å². The van der Waals surface area contributed by atoms with Crippen LogP contribution in [0.1, 0.15) is 15.9 Å². The number of carboxylic acid groups (broad SMARTS) is 1. The van der Waals surface area contributed by atoms with Crippen LogP contribution in [0.5, 0.6) is 5.75 Å². The summed E-state index contributed by atoms with van der Waals surface area (Å²) in [6, 6.07) is 11.8. The fourth-order valence-corrected chi connectivity index (χ4v) is 2.13. The average Bonchev–Trinajstić information content (AvgIpc) is 2.55. The van der Waals surface area contributed by atoms with Crippen molar-refractivity contribution in [2.24, 2.45) is 5.10 Å². The van der Waals surface area contributed by atoms with E-state index in [0.717, 1.165) is 0 Å². The van der Waals surface area contributed by atoms with Gasteiger partial charge in [0, 0.05) is 22.5 Å². The molecule has 0 saturated carbocycles. The third-order valence-corrected chi connectivity index (χ3v) is 3.43. The van der Waals surface area contributed by atoms with Crippen LogP contribution in [0.3, 0.4) is 0 Å². The number of hydrogen-bond acceptors (Lipinski definition) is 6. The maximum atomic E-state index is 11.2. The number of ether oxygens (including phenoxy) is 1. The van der Waals surface area contributed by atoms with E-state index in [0.29, 0.717) is 33.9 Å². The van der Waals surface area contributed by atoms with Crippen LogP contribution in [0.4, 0.5) is 5.69 Å². The van der Waals surface area contributed by atoms with Crippen LogP contribution in [0.25, 0.3) is 0 Å². The minimum absolute atomic E-state index is 0.0568. The number of carboxylic acids is 1. The predicted molar refractivity (Wildman–Crippen MR) is 86.1 cm³/mol. The van der Waals surface area contributed by atoms with Gasteiger partial charge in [-0.05, 0) is 24.3 Å². The fourth-order valence-electron chi connectivity index (χ4n) is 1.77. The van der Waals surface area contributed by atoms with Gasteiger partial charge >= 0.3 is 5.97 Å². The predicted octanol–water partition coefficient (Wildman–Crippen LogP) is 3.40. The molecule has 0 aliphatic heterocycles. The number of benzene rings is 2. The second kappa shape index (κ2) is 7.48. The molecule has 0 radical (unpaired) electrons. The SMILES string of the molecule is COc1ccc(N/N=C\c2ccccc2SO)c(C(=O)O)c1. The van der Waals surface area contributed by atoms with Crippen molar-refractivity contribution in [3.63, 3.8) is 0 Å². The lowest BCUT2D eigenvalue weighted by Gasteiger charge is -2.07. The zero-order valence-electron chi connectivity index (χ0n) is 11.7. The van der Waals surface area contributed by atoms with Crippen LogP contribution >= 0.6 is 12.0 Å². The van der Waals surface area contributed by atoms with Gasteiger partial charge in [0.15, 0.2) is 0 Å². The molecule has 0 aromatic heterocycles. The van der Waals surface area contributed by atoms with Gasteiger partial charge in [-0.15, -0.1) is 0 Å². The first-order chi connectivity index (χ1) is 10.7. The van der Waals surface area contributed by atoms with Gasteiger partial charge in [0.2, 0.25) is 0 Å². The van der Waals surface area contributed by atoms with Gasteiger partial charge in [0.05, 0.1) is 24.6 Å². The largest absolute Gasteiger partial charge is 0.497 e. The number of aromatic carboxylic acids is 1. The Morgan fingerprint density at radius 2 is 2.09 bits per heavy atom. The fraction of sp³-hybridized carbons (Fsp3) is 0.0667. The number of methoxy groups -OCH3 is 1. The Morgan fingerprint density at radius 3 is 2.77 bits per heavy atom. The van der Waals surface area contributed by atoms with E-state index in [2.05, 4.69) is 10.5 Å². The smallest absolute Gasteiger partial charge is 0.338 e. The van der Waals surface area contributed by atoms with Crippen LogP contribution in [-0.4, -0.2) is 29.0 Å². The highest BCUT2D eigenvalue weighted by molar-refractivity contribution is 7.93. The Hall–Kier alpha value is -2.51. The van der Waals surface area contributed by atoms with E-state index in [1.165, 1.54) is 19.4 Å². The molecule has 3 N–H and O–H groups in total. The van der Waals surface area contributed by atoms with E-state index < -0.39 is 5.97 Å². The molecule has 0 saturated heterocycles. The maximum absolute atomic E-state index is 11.2. The van der Waals surface area contributed by atoms with Crippen molar-refractivity contribution in [3.8, 4) is 5.75 Å². The van der Waals surface area contributed by atoms with Crippen LogP contribution in [0.15, 0.2) is 52.5 Å². The number of hydrazone groups is 1. The number of nitrogens with one attached hydrogen (secondary N) is 1. The minimum Gasteiger partial charge on any atom is -0.497 e. The summed E-state index contributed by atoms with van der Waals surface area (Å²) in [6.07, 6.45) is 1.51. The Balaban J connectivity index is 2.21. The Bertz CT molecular complexity index is 704. The van der Waals surface area contributed by atoms with Crippen LogP contribution in [0, 0.1) is 0 Å². The van der Waals surface area contributed by atoms with E-state index in [1.807, 2.05) is 6.07 Å². The molecule has 2 aromatic rings. The minimum atomic E-state index is -1.08. The summed E-state index contributed by atoms with van der Waals surface area (Å²) in [7, 11) is 1.47. The van der Waals surface area contributed by atoms with Crippen molar-refractivity contribution in [1.29, 1.82) is 0 Å². The summed E-state index contributed by atoms with van der Waals surface area (Å²) < 4.78 is 14.2. The van der Waals surface area contributed by atoms with Gasteiger partial charge < -0.3 is 14.4 Å². The van der Waals surface area contributed by atoms with Crippen molar-refractivity contribution in [2.75, 3.05) is 12.5 Å². The average molecular weight is 318 g/mol. The van der Waals surface area contributed by atoms with Crippen molar-refractivity contribution >= 4 is 29.9 Å². The molecule has 0 aliphatic carbocycles. The summed E-state index contributed by atoms with van der Waals surface area (Å²) in [6.45, 7) is 0. The monoisotopic (exact) mass is 318 g/mol. The summed E-state index contributed by atoms with van der Waals surface area (Å²) in [5.41, 5.74) is 3.81. The molecule has 0 unspecified atom stereocenters. The van der Waals surface area contributed by atoms with Gasteiger partial charge in [-0.3, -0.25) is 5.43 Å². The number of carbonyl (C=O) groups is 1. The van der Waals surface area contributed by atoms with Gasteiger partial charge in [-0.2, -0.15) is 5.10 Å². The quantitative estimate of drug-likeness (QED) is 0.429. The molecule has 7 heteroatoms. The molecule has 2 rings (SSSR count). The zero-order chi connectivity index (χ0) is 15.9. The first kappa shape index (κ1) is 15.9. The lowest BCUT2D eigenvalue weighted by atomic mass is 10.1. The first-order valence-corrected chi connectivity index (χ1v) is 7.04. The molecule has 114 valence electrons. The summed E-state index contributed by atoms with van der Waals surface area (Å²) in [4.78, 5) is 11.9. The molecule has 0 spiro atoms. The molecule has 0 heterocycles. The van der Waals surface area contributed by atoms with E-state index >= 15 is 0 Å². The normalized spacial score (nSPS) is 10.6. The molecular weight excluding hydrogens is 304 g/mol. The molecule has 0 fully saturated rings. The maximum Gasteiger partial charge on any atom is 0.338 e. The van der Waals surface area contributed by atoms with E-state index in [9.17, 15) is 9.90 Å². The Kier molecular flexibility index (Phi) is 5.40. The molecule has 22 heavy (non-hydrogen) atoms. The van der Waals surface area contributed by atoms with Crippen molar-refractivity contribution < 1.29 is 19.2 Å². The highest BCUT2D eigenvalue weighted by Crippen LogP contribution is 2.22. The van der Waals surface area contributed by atoms with E-state index in [1.54, 1.807) is 30.3 Å². The third-order valence-electron chi connectivity index (χ3n) is 2.86. The number of nitrogens with zero attached hydrogens (tertiary/aromatic N) is 1. The standard InChI is InChI=1S/C15H14N2O4S/c1-21-11-6-7-13(12(8-11)15(18)19)17-16-9-10-4-2-3-5-14(10)22-20/h2-9,17,20H,1H3,(H,18,19)/b16-9-. The molecule has 0 atom stereocenters. The van der Waals surface area contributed by atoms with Crippen LogP contribution in [0.2, 0.25) is 0 Å². The highest BCUT2D eigenvalue weighted by Gasteiger charge is 2.11. The number of rotatable bonds is 6. The van der Waals surface area contributed by atoms with E-state index in [-0.39, 0.29) is 5.56 Å².